The van der Waals surface area contributed by atoms with E-state index in [1.54, 1.807) is 0 Å². The zero-order chi connectivity index (χ0) is 11.8. The molecule has 1 aromatic carbocycles. The van der Waals surface area contributed by atoms with Crippen molar-refractivity contribution < 1.29 is 0 Å². The Hall–Kier alpha value is -0.830. The Labute approximate surface area is 110 Å². The fraction of sp³-hybridized carbons (Fsp3) is 0.286. The van der Waals surface area contributed by atoms with Crippen LogP contribution in [0.25, 0.3) is 15.7 Å². The second kappa shape index (κ2) is 4.45. The zero-order valence-electron chi connectivity index (χ0n) is 9.74. The van der Waals surface area contributed by atoms with Gasteiger partial charge in [-0.15, -0.1) is 11.3 Å². The van der Waals surface area contributed by atoms with Crippen LogP contribution in [0.15, 0.2) is 30.3 Å². The molecule has 0 bridgehead atoms. The third-order valence-electron chi connectivity index (χ3n) is 3.21. The average molecular weight is 264 g/mol. The minimum absolute atomic E-state index is 0.822. The first-order chi connectivity index (χ1) is 8.22. The molecule has 1 aromatic heterocycles. The fourth-order valence-corrected chi connectivity index (χ4v) is 3.56. The van der Waals surface area contributed by atoms with E-state index in [4.69, 9.17) is 11.6 Å². The van der Waals surface area contributed by atoms with Crippen molar-refractivity contribution in [1.29, 1.82) is 0 Å². The van der Waals surface area contributed by atoms with Crippen molar-refractivity contribution in [2.24, 2.45) is 0 Å². The lowest BCUT2D eigenvalue weighted by Crippen LogP contribution is -2.23. The number of hydrogen-bond acceptors (Lipinski definition) is 2. The van der Waals surface area contributed by atoms with Crippen LogP contribution in [0.1, 0.15) is 11.3 Å². The van der Waals surface area contributed by atoms with E-state index in [0.717, 1.165) is 24.5 Å². The van der Waals surface area contributed by atoms with E-state index in [2.05, 4.69) is 36.2 Å². The van der Waals surface area contributed by atoms with Crippen LogP contribution in [-0.2, 0) is 0 Å². The molecule has 0 fully saturated rings. The minimum atomic E-state index is 0.822. The molecule has 88 valence electrons. The first-order valence-electron chi connectivity index (χ1n) is 5.79. The highest BCUT2D eigenvalue weighted by atomic mass is 35.5. The average Bonchev–Trinajstić information content (AvgIpc) is 2.72. The lowest BCUT2D eigenvalue weighted by Gasteiger charge is -2.21. The molecular weight excluding hydrogens is 250 g/mol. The van der Waals surface area contributed by atoms with Gasteiger partial charge in [-0.2, -0.15) is 0 Å². The molecule has 1 nitrogen and oxygen atoms in total. The Kier molecular flexibility index (Phi) is 2.95. The second-order valence-corrected chi connectivity index (χ2v) is 6.05. The third-order valence-corrected chi connectivity index (χ3v) is 4.62. The van der Waals surface area contributed by atoms with Gasteiger partial charge >= 0.3 is 0 Å². The molecule has 17 heavy (non-hydrogen) atoms. The highest BCUT2D eigenvalue weighted by Gasteiger charge is 2.12. The first-order valence-corrected chi connectivity index (χ1v) is 6.99. The van der Waals surface area contributed by atoms with Crippen LogP contribution in [0.2, 0.25) is 5.02 Å². The Morgan fingerprint density at radius 2 is 2.18 bits per heavy atom. The topological polar surface area (TPSA) is 3.24 Å². The maximum absolute atomic E-state index is 6.02. The lowest BCUT2D eigenvalue weighted by molar-refractivity contribution is 0.370. The van der Waals surface area contributed by atoms with Crippen molar-refractivity contribution in [2.45, 2.75) is 6.42 Å². The van der Waals surface area contributed by atoms with Gasteiger partial charge in [0.25, 0.3) is 0 Å². The number of benzene rings is 1. The van der Waals surface area contributed by atoms with E-state index in [1.165, 1.54) is 20.5 Å². The second-order valence-electron chi connectivity index (χ2n) is 4.53. The highest BCUT2D eigenvalue weighted by Crippen LogP contribution is 2.34. The lowest BCUT2D eigenvalue weighted by atomic mass is 10.1. The number of likely N-dealkylation sites (N-methyl/N-ethyl adjacent to an activating group) is 1. The fourth-order valence-electron chi connectivity index (χ4n) is 2.16. The monoisotopic (exact) mass is 263 g/mol. The highest BCUT2D eigenvalue weighted by molar-refractivity contribution is 7.20. The molecule has 0 spiro atoms. The van der Waals surface area contributed by atoms with Crippen LogP contribution in [0.5, 0.6) is 0 Å². The van der Waals surface area contributed by atoms with Crippen LogP contribution < -0.4 is 0 Å². The van der Waals surface area contributed by atoms with E-state index in [9.17, 15) is 0 Å². The van der Waals surface area contributed by atoms with Gasteiger partial charge in [0.15, 0.2) is 0 Å². The summed E-state index contributed by atoms with van der Waals surface area (Å²) in [7, 11) is 2.16. The maximum atomic E-state index is 6.02. The standard InChI is InChI=1S/C14H14ClNS/c1-16-6-4-10(5-7-16)13-8-11-2-3-12(15)9-14(11)17-13/h2-4,8-9H,5-7H2,1H3. The van der Waals surface area contributed by atoms with Gasteiger partial charge in [-0.1, -0.05) is 23.7 Å². The first kappa shape index (κ1) is 11.3. The summed E-state index contributed by atoms with van der Waals surface area (Å²) < 4.78 is 1.28. The van der Waals surface area contributed by atoms with Crippen molar-refractivity contribution in [1.82, 2.24) is 4.90 Å². The molecule has 0 aliphatic carbocycles. The van der Waals surface area contributed by atoms with Gasteiger partial charge in [0.1, 0.15) is 0 Å². The Morgan fingerprint density at radius 1 is 1.29 bits per heavy atom. The van der Waals surface area contributed by atoms with E-state index < -0.39 is 0 Å². The summed E-state index contributed by atoms with van der Waals surface area (Å²) in [6.45, 7) is 2.21. The summed E-state index contributed by atoms with van der Waals surface area (Å²) in [5.74, 6) is 0. The molecule has 1 aliphatic rings. The van der Waals surface area contributed by atoms with Gasteiger partial charge in [0.05, 0.1) is 0 Å². The summed E-state index contributed by atoms with van der Waals surface area (Å²) in [6.07, 6.45) is 3.49. The molecule has 2 aromatic rings. The van der Waals surface area contributed by atoms with Gasteiger partial charge in [-0.3, -0.25) is 0 Å². The summed E-state index contributed by atoms with van der Waals surface area (Å²) in [6, 6.07) is 8.41. The predicted octanol–water partition coefficient (Wildman–Crippen LogP) is 4.27. The molecule has 3 heteroatoms. The molecule has 0 amide bonds. The molecule has 0 saturated carbocycles. The smallest absolute Gasteiger partial charge is 0.0420 e. The van der Waals surface area contributed by atoms with Crippen molar-refractivity contribution in [3.63, 3.8) is 0 Å². The Balaban J connectivity index is 2.01. The molecule has 1 aliphatic heterocycles. The molecular formula is C14H14ClNS. The van der Waals surface area contributed by atoms with E-state index in [1.807, 2.05) is 17.4 Å². The largest absolute Gasteiger partial charge is 0.302 e. The van der Waals surface area contributed by atoms with Crippen LogP contribution in [0.4, 0.5) is 0 Å². The number of hydrogen-bond donors (Lipinski definition) is 0. The maximum Gasteiger partial charge on any atom is 0.0420 e. The van der Waals surface area contributed by atoms with Gasteiger partial charge < -0.3 is 4.90 Å². The number of nitrogens with zero attached hydrogens (tertiary/aromatic N) is 1. The van der Waals surface area contributed by atoms with Gasteiger partial charge in [0.2, 0.25) is 0 Å². The minimum Gasteiger partial charge on any atom is -0.302 e. The normalized spacial score (nSPS) is 17.4. The predicted molar refractivity (Wildman–Crippen MR) is 76.9 cm³/mol. The van der Waals surface area contributed by atoms with Crippen molar-refractivity contribution >= 4 is 38.6 Å². The van der Waals surface area contributed by atoms with Crippen molar-refractivity contribution in [3.8, 4) is 0 Å². The molecule has 0 atom stereocenters. The molecule has 3 rings (SSSR count). The number of fused-ring (bicyclic) bond motifs is 1. The Bertz CT molecular complexity index is 585. The molecule has 0 saturated heterocycles. The molecule has 0 N–H and O–H groups in total. The summed E-state index contributed by atoms with van der Waals surface area (Å²) in [5.41, 5.74) is 1.49. The quantitative estimate of drug-likeness (QED) is 0.743. The summed E-state index contributed by atoms with van der Waals surface area (Å²) in [4.78, 5) is 3.74. The van der Waals surface area contributed by atoms with Gasteiger partial charge in [0, 0.05) is 27.7 Å². The summed E-state index contributed by atoms with van der Waals surface area (Å²) >= 11 is 7.87. The molecule has 0 radical (unpaired) electrons. The number of rotatable bonds is 1. The number of thiophene rings is 1. The SMILES string of the molecule is CN1CC=C(c2cc3ccc(Cl)cc3s2)CC1. The van der Waals surface area contributed by atoms with E-state index in [0.29, 0.717) is 0 Å². The van der Waals surface area contributed by atoms with Crippen molar-refractivity contribution in [3.05, 3.63) is 40.2 Å². The van der Waals surface area contributed by atoms with Crippen molar-refractivity contribution in [2.75, 3.05) is 20.1 Å². The Morgan fingerprint density at radius 3 is 2.94 bits per heavy atom. The van der Waals surface area contributed by atoms with Gasteiger partial charge in [-0.05, 0) is 42.6 Å². The van der Waals surface area contributed by atoms with Gasteiger partial charge in [-0.25, -0.2) is 0 Å². The van der Waals surface area contributed by atoms with Crippen LogP contribution in [0.3, 0.4) is 0 Å². The van der Waals surface area contributed by atoms with E-state index >= 15 is 0 Å². The zero-order valence-corrected chi connectivity index (χ0v) is 11.3. The van der Waals surface area contributed by atoms with Crippen LogP contribution in [-0.4, -0.2) is 25.0 Å². The van der Waals surface area contributed by atoms with Crippen LogP contribution in [0, 0.1) is 0 Å². The third kappa shape index (κ3) is 2.25. The summed E-state index contributed by atoms with van der Waals surface area (Å²) in [5, 5.41) is 2.12. The van der Waals surface area contributed by atoms with E-state index in [-0.39, 0.29) is 0 Å². The molecule has 0 unspecified atom stereocenters. The van der Waals surface area contributed by atoms with Crippen LogP contribution >= 0.6 is 22.9 Å². The number of halogens is 1. The molecule has 2 heterocycles.